The summed E-state index contributed by atoms with van der Waals surface area (Å²) in [5, 5.41) is 16.9. The van der Waals surface area contributed by atoms with Gasteiger partial charge < -0.3 is 21.1 Å². The lowest BCUT2D eigenvalue weighted by Gasteiger charge is -2.27. The minimum atomic E-state index is -1.86. The fraction of sp³-hybridized carbons (Fsp3) is 0.308. The Balaban J connectivity index is 2.84. The molecule has 4 N–H and O–H groups in total. The van der Waals surface area contributed by atoms with Crippen molar-refractivity contribution in [1.82, 2.24) is 10.6 Å². The van der Waals surface area contributed by atoms with Crippen molar-refractivity contribution in [3.8, 4) is 0 Å². The van der Waals surface area contributed by atoms with E-state index in [-0.39, 0.29) is 28.7 Å². The number of halogens is 3. The van der Waals surface area contributed by atoms with Gasteiger partial charge in [-0.3, -0.25) is 4.79 Å². The van der Waals surface area contributed by atoms with E-state index in [2.05, 4.69) is 16.0 Å². The van der Waals surface area contributed by atoms with Gasteiger partial charge >= 0.3 is 5.97 Å². The van der Waals surface area contributed by atoms with Crippen molar-refractivity contribution in [2.24, 2.45) is 0 Å². The van der Waals surface area contributed by atoms with Crippen LogP contribution in [0.15, 0.2) is 24.3 Å². The Morgan fingerprint density at radius 3 is 2.39 bits per heavy atom. The van der Waals surface area contributed by atoms with Gasteiger partial charge in [0.05, 0.1) is 11.3 Å². The summed E-state index contributed by atoms with van der Waals surface area (Å²) in [6.45, 7) is 1.64. The molecule has 126 valence electrons. The van der Waals surface area contributed by atoms with E-state index in [0.29, 0.717) is 0 Å². The van der Waals surface area contributed by atoms with Crippen LogP contribution in [-0.4, -0.2) is 32.1 Å². The van der Waals surface area contributed by atoms with Gasteiger partial charge in [0.2, 0.25) is 9.70 Å². The molecule has 0 spiro atoms. The summed E-state index contributed by atoms with van der Waals surface area (Å²) in [4.78, 5) is 22.6. The van der Waals surface area contributed by atoms with Crippen LogP contribution < -0.4 is 16.0 Å². The van der Waals surface area contributed by atoms with Gasteiger partial charge in [0, 0.05) is 6.42 Å². The van der Waals surface area contributed by atoms with Crippen LogP contribution in [0, 0.1) is 0 Å². The van der Waals surface area contributed by atoms with E-state index in [0.717, 1.165) is 0 Å². The maximum atomic E-state index is 11.5. The van der Waals surface area contributed by atoms with E-state index in [1.54, 1.807) is 19.1 Å². The smallest absolute Gasteiger partial charge is 0.337 e. The molecular formula is C13H14Cl3N3O3S. The first-order chi connectivity index (χ1) is 10.6. The van der Waals surface area contributed by atoms with Crippen molar-refractivity contribution in [1.29, 1.82) is 0 Å². The van der Waals surface area contributed by atoms with Gasteiger partial charge in [-0.15, -0.1) is 0 Å². The zero-order valence-electron chi connectivity index (χ0n) is 11.9. The average Bonchev–Trinajstić information content (AvgIpc) is 2.45. The van der Waals surface area contributed by atoms with Gasteiger partial charge in [-0.25, -0.2) is 4.79 Å². The molecule has 1 amide bonds. The number of carbonyl (C=O) groups excluding carboxylic acids is 1. The topological polar surface area (TPSA) is 90.5 Å². The van der Waals surface area contributed by atoms with Gasteiger partial charge in [0.15, 0.2) is 5.11 Å². The number of carboxylic acid groups (broad SMARTS) is 1. The molecule has 0 aliphatic heterocycles. The van der Waals surface area contributed by atoms with Crippen molar-refractivity contribution >= 4 is 69.7 Å². The number of hydrogen-bond acceptors (Lipinski definition) is 3. The highest BCUT2D eigenvalue weighted by molar-refractivity contribution is 7.80. The number of rotatable bonds is 5. The van der Waals surface area contributed by atoms with Crippen LogP contribution >= 0.6 is 47.0 Å². The molecular weight excluding hydrogens is 385 g/mol. The summed E-state index contributed by atoms with van der Waals surface area (Å²) < 4.78 is -1.86. The van der Waals surface area contributed by atoms with Crippen molar-refractivity contribution < 1.29 is 14.7 Å². The number of carboxylic acids is 1. The minimum Gasteiger partial charge on any atom is -0.478 e. The van der Waals surface area contributed by atoms with E-state index < -0.39 is 15.9 Å². The lowest BCUT2D eigenvalue weighted by molar-refractivity contribution is -0.121. The van der Waals surface area contributed by atoms with Crippen molar-refractivity contribution in [2.45, 2.75) is 23.3 Å². The maximum Gasteiger partial charge on any atom is 0.337 e. The number of anilines is 1. The molecule has 0 saturated heterocycles. The summed E-state index contributed by atoms with van der Waals surface area (Å²) in [5.74, 6) is -1.46. The molecule has 0 heterocycles. The van der Waals surface area contributed by atoms with E-state index >= 15 is 0 Å². The monoisotopic (exact) mass is 397 g/mol. The molecule has 1 unspecified atom stereocenters. The quantitative estimate of drug-likeness (QED) is 0.346. The summed E-state index contributed by atoms with van der Waals surface area (Å²) in [5.41, 5.74) is 0.294. The Bertz CT molecular complexity index is 608. The Hall–Kier alpha value is -1.28. The normalized spacial score (nSPS) is 12.2. The van der Waals surface area contributed by atoms with E-state index in [9.17, 15) is 9.59 Å². The predicted molar refractivity (Wildman–Crippen MR) is 95.3 cm³/mol. The molecule has 0 aromatic heterocycles. The van der Waals surface area contributed by atoms with Crippen molar-refractivity contribution in [3.63, 3.8) is 0 Å². The van der Waals surface area contributed by atoms with Crippen molar-refractivity contribution in [3.05, 3.63) is 29.8 Å². The first kappa shape index (κ1) is 19.8. The van der Waals surface area contributed by atoms with E-state index in [4.69, 9.17) is 52.1 Å². The number of benzene rings is 1. The summed E-state index contributed by atoms with van der Waals surface area (Å²) in [7, 11) is 0. The number of hydrogen-bond donors (Lipinski definition) is 4. The highest BCUT2D eigenvalue weighted by Crippen LogP contribution is 2.29. The molecule has 0 radical (unpaired) electrons. The Kier molecular flexibility index (Phi) is 7.34. The molecule has 1 aromatic rings. The van der Waals surface area contributed by atoms with Crippen molar-refractivity contribution in [2.75, 3.05) is 5.32 Å². The molecule has 6 nitrogen and oxygen atoms in total. The number of nitrogens with one attached hydrogen (secondary N) is 3. The van der Waals surface area contributed by atoms with Gasteiger partial charge in [0.1, 0.15) is 6.17 Å². The molecule has 0 aliphatic rings. The van der Waals surface area contributed by atoms with Crippen LogP contribution in [0.2, 0.25) is 0 Å². The molecule has 0 aliphatic carbocycles. The number of para-hydroxylation sites is 1. The molecule has 1 rings (SSSR count). The third-order valence-corrected chi connectivity index (χ3v) is 3.51. The first-order valence-corrected chi connectivity index (χ1v) is 7.95. The van der Waals surface area contributed by atoms with Gasteiger partial charge in [-0.1, -0.05) is 53.9 Å². The third-order valence-electron chi connectivity index (χ3n) is 2.63. The molecule has 23 heavy (non-hydrogen) atoms. The molecule has 0 bridgehead atoms. The lowest BCUT2D eigenvalue weighted by Crippen LogP contribution is -2.56. The number of carbonyl (C=O) groups is 2. The summed E-state index contributed by atoms with van der Waals surface area (Å²) >= 11 is 22.5. The van der Waals surface area contributed by atoms with Crippen LogP contribution in [-0.2, 0) is 4.79 Å². The third kappa shape index (κ3) is 6.39. The zero-order valence-corrected chi connectivity index (χ0v) is 15.0. The van der Waals surface area contributed by atoms with Gasteiger partial charge in [-0.05, 0) is 24.4 Å². The minimum absolute atomic E-state index is 0.00794. The van der Waals surface area contributed by atoms with Gasteiger partial charge in [-0.2, -0.15) is 0 Å². The largest absolute Gasteiger partial charge is 0.478 e. The van der Waals surface area contributed by atoms with Crippen LogP contribution in [0.1, 0.15) is 23.7 Å². The SMILES string of the molecule is CCC(=O)NC(NC(=S)Nc1ccccc1C(=O)O)C(Cl)(Cl)Cl. The van der Waals surface area contributed by atoms with E-state index in [1.165, 1.54) is 12.1 Å². The van der Waals surface area contributed by atoms with Crippen LogP contribution in [0.4, 0.5) is 5.69 Å². The van der Waals surface area contributed by atoms with Crippen LogP contribution in [0.5, 0.6) is 0 Å². The molecule has 0 fully saturated rings. The number of amides is 1. The summed E-state index contributed by atoms with van der Waals surface area (Å²) in [6.07, 6.45) is -0.891. The fourth-order valence-corrected chi connectivity index (χ4v) is 2.09. The van der Waals surface area contributed by atoms with Gasteiger partial charge in [0.25, 0.3) is 0 Å². The number of aromatic carboxylic acids is 1. The summed E-state index contributed by atoms with van der Waals surface area (Å²) in [6, 6.07) is 6.17. The fourth-order valence-electron chi connectivity index (χ4n) is 1.53. The second kappa shape index (κ2) is 8.54. The lowest BCUT2D eigenvalue weighted by atomic mass is 10.2. The molecule has 1 aromatic carbocycles. The van der Waals surface area contributed by atoms with Crippen LogP contribution in [0.3, 0.4) is 0 Å². The predicted octanol–water partition coefficient (Wildman–Crippen LogP) is 2.89. The molecule has 0 saturated carbocycles. The maximum absolute atomic E-state index is 11.5. The Morgan fingerprint density at radius 2 is 1.87 bits per heavy atom. The second-order valence-electron chi connectivity index (χ2n) is 4.34. The van der Waals surface area contributed by atoms with E-state index in [1.807, 2.05) is 0 Å². The zero-order chi connectivity index (χ0) is 17.6. The first-order valence-electron chi connectivity index (χ1n) is 6.41. The standard InChI is InChI=1S/C13H14Cl3N3O3S/c1-2-9(20)18-11(13(14,15)16)19-12(23)17-8-6-4-3-5-7(8)10(21)22/h3-6,11H,2H2,1H3,(H,18,20)(H,21,22)(H2,17,19,23). The molecule has 1 atom stereocenters. The second-order valence-corrected chi connectivity index (χ2v) is 7.12. The Labute approximate surface area is 153 Å². The highest BCUT2D eigenvalue weighted by atomic mass is 35.6. The average molecular weight is 399 g/mol. The number of thiocarbonyl (C=S) groups is 1. The number of alkyl halides is 3. The van der Waals surface area contributed by atoms with Crippen LogP contribution in [0.25, 0.3) is 0 Å². The Morgan fingerprint density at radius 1 is 1.26 bits per heavy atom. The highest BCUT2D eigenvalue weighted by Gasteiger charge is 2.34. The molecule has 10 heteroatoms.